The van der Waals surface area contributed by atoms with Crippen molar-refractivity contribution in [3.8, 4) is 0 Å². The van der Waals surface area contributed by atoms with Gasteiger partial charge < -0.3 is 5.11 Å². The van der Waals surface area contributed by atoms with Crippen LogP contribution in [0.3, 0.4) is 0 Å². The van der Waals surface area contributed by atoms with Crippen LogP contribution < -0.4 is 5.32 Å². The van der Waals surface area contributed by atoms with Gasteiger partial charge in [-0.3, -0.25) is 5.32 Å². The molecule has 1 aliphatic heterocycles. The minimum Gasteiger partial charge on any atom is -0.479 e. The van der Waals surface area contributed by atoms with Crippen LogP contribution in [0.1, 0.15) is 11.6 Å². The number of carboxylic acids is 1. The summed E-state index contributed by atoms with van der Waals surface area (Å²) in [6, 6.07) is 5.17. The maximum atomic E-state index is 10.8. The van der Waals surface area contributed by atoms with Gasteiger partial charge in [0, 0.05) is 27.4 Å². The van der Waals surface area contributed by atoms with Gasteiger partial charge in [0.25, 0.3) is 0 Å². The number of hydrogen-bond donors (Lipinski definition) is 2. The standard InChI is InChI=1S/C10H9Cl2NO2S/c11-5-2-1-3-6(12)8(5)7-4-16-9(13-7)10(14)15/h1-3,7,9,13H,4H2,(H,14,15)/t7-,9-/m1/s1. The molecule has 1 aromatic rings. The quantitative estimate of drug-likeness (QED) is 0.873. The third kappa shape index (κ3) is 2.30. The molecule has 0 aliphatic carbocycles. The van der Waals surface area contributed by atoms with E-state index in [0.717, 1.165) is 5.56 Å². The zero-order chi connectivity index (χ0) is 11.7. The number of benzene rings is 1. The summed E-state index contributed by atoms with van der Waals surface area (Å²) in [7, 11) is 0. The van der Waals surface area contributed by atoms with Gasteiger partial charge in [-0.2, -0.15) is 0 Å². The number of nitrogens with one attached hydrogen (secondary N) is 1. The molecule has 1 aromatic carbocycles. The summed E-state index contributed by atoms with van der Waals surface area (Å²) in [6.07, 6.45) is 0. The lowest BCUT2D eigenvalue weighted by atomic mass is 10.1. The normalized spacial score (nSPS) is 24.6. The molecule has 2 atom stereocenters. The van der Waals surface area contributed by atoms with Gasteiger partial charge in [-0.05, 0) is 12.1 Å². The van der Waals surface area contributed by atoms with Crippen molar-refractivity contribution in [2.75, 3.05) is 5.75 Å². The number of rotatable bonds is 2. The van der Waals surface area contributed by atoms with Crippen LogP contribution in [0.25, 0.3) is 0 Å². The summed E-state index contributed by atoms with van der Waals surface area (Å²) >= 11 is 13.5. The molecule has 0 unspecified atom stereocenters. The van der Waals surface area contributed by atoms with Crippen LogP contribution in [0.15, 0.2) is 18.2 Å². The van der Waals surface area contributed by atoms with Crippen LogP contribution >= 0.6 is 35.0 Å². The number of hydrogen-bond acceptors (Lipinski definition) is 3. The highest BCUT2D eigenvalue weighted by molar-refractivity contribution is 8.00. The fraction of sp³-hybridized carbons (Fsp3) is 0.300. The first-order chi connectivity index (χ1) is 7.59. The molecule has 0 amide bonds. The summed E-state index contributed by atoms with van der Waals surface area (Å²) in [6.45, 7) is 0. The van der Waals surface area contributed by atoms with Crippen molar-refractivity contribution < 1.29 is 9.90 Å². The second-order valence-corrected chi connectivity index (χ2v) is 5.36. The molecular weight excluding hydrogens is 269 g/mol. The predicted octanol–water partition coefficient (Wildman–Crippen LogP) is 2.78. The lowest BCUT2D eigenvalue weighted by Crippen LogP contribution is -2.30. The summed E-state index contributed by atoms with van der Waals surface area (Å²) in [5, 5.41) is 12.4. The van der Waals surface area contributed by atoms with Crippen LogP contribution in [-0.4, -0.2) is 22.2 Å². The average molecular weight is 278 g/mol. The fourth-order valence-electron chi connectivity index (χ4n) is 1.62. The average Bonchev–Trinajstić information content (AvgIpc) is 2.66. The van der Waals surface area contributed by atoms with Crippen molar-refractivity contribution in [3.63, 3.8) is 0 Å². The van der Waals surface area contributed by atoms with Crippen LogP contribution in [0.4, 0.5) is 0 Å². The van der Waals surface area contributed by atoms with Gasteiger partial charge in [-0.25, -0.2) is 4.79 Å². The van der Waals surface area contributed by atoms with Crippen molar-refractivity contribution in [2.24, 2.45) is 0 Å². The lowest BCUT2D eigenvalue weighted by Gasteiger charge is -2.14. The SMILES string of the molecule is O=C(O)[C@@H]1N[C@@H](c2c(Cl)cccc2Cl)CS1. The molecule has 1 fully saturated rings. The van der Waals surface area contributed by atoms with Gasteiger partial charge in [0.15, 0.2) is 5.37 Å². The van der Waals surface area contributed by atoms with E-state index in [1.165, 1.54) is 11.8 Å². The highest BCUT2D eigenvalue weighted by Crippen LogP contribution is 2.36. The second-order valence-electron chi connectivity index (χ2n) is 3.41. The topological polar surface area (TPSA) is 49.3 Å². The Balaban J connectivity index is 2.24. The van der Waals surface area contributed by atoms with E-state index < -0.39 is 11.3 Å². The summed E-state index contributed by atoms with van der Waals surface area (Å²) in [5.41, 5.74) is 0.780. The maximum Gasteiger partial charge on any atom is 0.331 e. The molecule has 6 heteroatoms. The first-order valence-corrected chi connectivity index (χ1v) is 6.44. The molecule has 2 rings (SSSR count). The van der Waals surface area contributed by atoms with Gasteiger partial charge in [0.05, 0.1) is 0 Å². The Morgan fingerprint density at radius 2 is 2.06 bits per heavy atom. The van der Waals surface area contributed by atoms with Crippen LogP contribution in [0.5, 0.6) is 0 Å². The Morgan fingerprint density at radius 1 is 1.44 bits per heavy atom. The zero-order valence-corrected chi connectivity index (χ0v) is 10.4. The molecule has 16 heavy (non-hydrogen) atoms. The molecule has 0 spiro atoms. The lowest BCUT2D eigenvalue weighted by molar-refractivity contribution is -0.137. The number of aliphatic carboxylic acids is 1. The Kier molecular flexibility index (Phi) is 3.64. The van der Waals surface area contributed by atoms with Gasteiger partial charge in [-0.15, -0.1) is 11.8 Å². The molecule has 0 saturated carbocycles. The maximum absolute atomic E-state index is 10.8. The Hall–Kier alpha value is -0.420. The Morgan fingerprint density at radius 3 is 2.56 bits per heavy atom. The monoisotopic (exact) mass is 277 g/mol. The molecule has 1 heterocycles. The van der Waals surface area contributed by atoms with E-state index in [-0.39, 0.29) is 6.04 Å². The predicted molar refractivity (Wildman–Crippen MR) is 66.2 cm³/mol. The third-order valence-electron chi connectivity index (χ3n) is 2.35. The number of carbonyl (C=O) groups is 1. The Labute approximate surface area is 107 Å². The largest absolute Gasteiger partial charge is 0.479 e. The van der Waals surface area contributed by atoms with E-state index in [2.05, 4.69) is 5.32 Å². The molecule has 1 aliphatic rings. The van der Waals surface area contributed by atoms with Crippen molar-refractivity contribution in [3.05, 3.63) is 33.8 Å². The number of carboxylic acid groups (broad SMARTS) is 1. The summed E-state index contributed by atoms with van der Waals surface area (Å²) in [4.78, 5) is 10.8. The van der Waals surface area contributed by atoms with E-state index in [9.17, 15) is 4.79 Å². The molecule has 0 radical (unpaired) electrons. The van der Waals surface area contributed by atoms with Crippen LogP contribution in [0.2, 0.25) is 10.0 Å². The van der Waals surface area contributed by atoms with Gasteiger partial charge in [0.2, 0.25) is 0 Å². The first kappa shape index (κ1) is 12.0. The van der Waals surface area contributed by atoms with E-state index in [0.29, 0.717) is 15.8 Å². The van der Waals surface area contributed by atoms with Crippen LogP contribution in [0, 0.1) is 0 Å². The van der Waals surface area contributed by atoms with Crippen LogP contribution in [-0.2, 0) is 4.79 Å². The fourth-order valence-corrected chi connectivity index (χ4v) is 3.34. The minimum atomic E-state index is -0.865. The van der Waals surface area contributed by atoms with E-state index in [1.54, 1.807) is 18.2 Å². The molecular formula is C10H9Cl2NO2S. The number of halogens is 2. The highest BCUT2D eigenvalue weighted by Gasteiger charge is 2.32. The van der Waals surface area contributed by atoms with Gasteiger partial charge >= 0.3 is 5.97 Å². The summed E-state index contributed by atoms with van der Waals surface area (Å²) < 4.78 is 0. The van der Waals surface area contributed by atoms with E-state index in [4.69, 9.17) is 28.3 Å². The van der Waals surface area contributed by atoms with Gasteiger partial charge in [0.1, 0.15) is 0 Å². The first-order valence-electron chi connectivity index (χ1n) is 4.64. The molecule has 1 saturated heterocycles. The summed E-state index contributed by atoms with van der Waals surface area (Å²) in [5.74, 6) is -0.212. The number of thioether (sulfide) groups is 1. The Bertz CT molecular complexity index is 407. The zero-order valence-electron chi connectivity index (χ0n) is 8.11. The highest BCUT2D eigenvalue weighted by atomic mass is 35.5. The van der Waals surface area contributed by atoms with Crippen molar-refractivity contribution in [1.29, 1.82) is 0 Å². The second kappa shape index (κ2) is 4.84. The smallest absolute Gasteiger partial charge is 0.331 e. The van der Waals surface area contributed by atoms with Crippen molar-refractivity contribution in [2.45, 2.75) is 11.4 Å². The van der Waals surface area contributed by atoms with Crippen molar-refractivity contribution in [1.82, 2.24) is 5.32 Å². The molecule has 2 N–H and O–H groups in total. The molecule has 0 bridgehead atoms. The van der Waals surface area contributed by atoms with Crippen molar-refractivity contribution >= 4 is 40.9 Å². The molecule has 0 aromatic heterocycles. The van der Waals surface area contributed by atoms with E-state index in [1.807, 2.05) is 0 Å². The molecule has 3 nitrogen and oxygen atoms in total. The minimum absolute atomic E-state index is 0.104. The van der Waals surface area contributed by atoms with Gasteiger partial charge in [-0.1, -0.05) is 29.3 Å². The van der Waals surface area contributed by atoms with E-state index >= 15 is 0 Å². The third-order valence-corrected chi connectivity index (χ3v) is 4.21. The molecule has 86 valence electrons.